The lowest BCUT2D eigenvalue weighted by molar-refractivity contribution is -1.07. The molecule has 2 atom stereocenters. The number of methoxy groups -OCH3 is 1. The average Bonchev–Trinajstić information content (AvgIpc) is 2.84. The van der Waals surface area contributed by atoms with Gasteiger partial charge >= 0.3 is 0 Å². The number of hydroxylamine groups is 3. The molecule has 0 radical (unpaired) electrons. The van der Waals surface area contributed by atoms with Gasteiger partial charge in [-0.05, 0) is 73.9 Å². The number of fused-ring (bicyclic) bond motifs is 1. The van der Waals surface area contributed by atoms with Crippen LogP contribution in [-0.2, 0) is 22.4 Å². The van der Waals surface area contributed by atoms with Crippen molar-refractivity contribution in [2.75, 3.05) is 53.3 Å². The van der Waals surface area contributed by atoms with Crippen LogP contribution in [-0.4, -0.2) is 81.5 Å². The standard InChI is InChI=1S/C29H44N3O4/c1-22-11-7-8-12-23(22)18-20-31(29(35-6)36-32(3,4)5)19-10-9-13-27(33)25-14-16-26-24(21-25)15-17-28(34)30(26)2/h7-8,11-12,14,16,21,28-29,34H,9-10,13,15,17-20H2,1-6H3/q+1. The van der Waals surface area contributed by atoms with Crippen LogP contribution >= 0.6 is 0 Å². The molecule has 2 aromatic carbocycles. The first-order chi connectivity index (χ1) is 17.1. The van der Waals surface area contributed by atoms with Crippen LogP contribution in [0.25, 0.3) is 0 Å². The van der Waals surface area contributed by atoms with Gasteiger partial charge in [-0.15, -0.1) is 0 Å². The number of aliphatic hydroxyl groups is 1. The predicted molar refractivity (Wildman–Crippen MR) is 144 cm³/mol. The second-order valence-electron chi connectivity index (χ2n) is 10.6. The highest BCUT2D eigenvalue weighted by Crippen LogP contribution is 2.30. The number of carbonyl (C=O) groups excluding carboxylic acids is 1. The lowest BCUT2D eigenvalue weighted by atomic mass is 9.96. The molecule has 0 saturated heterocycles. The van der Waals surface area contributed by atoms with Gasteiger partial charge in [0.15, 0.2) is 5.78 Å². The molecule has 2 aromatic rings. The summed E-state index contributed by atoms with van der Waals surface area (Å²) in [6.07, 6.45) is 3.66. The van der Waals surface area contributed by atoms with E-state index in [0.717, 1.165) is 55.6 Å². The Kier molecular flexibility index (Phi) is 10.0. The Balaban J connectivity index is 1.57. The number of hydrogen-bond acceptors (Lipinski definition) is 6. The maximum atomic E-state index is 12.9. The highest BCUT2D eigenvalue weighted by molar-refractivity contribution is 5.96. The maximum absolute atomic E-state index is 12.9. The van der Waals surface area contributed by atoms with Crippen molar-refractivity contribution >= 4 is 11.5 Å². The van der Waals surface area contributed by atoms with Gasteiger partial charge in [0.05, 0.1) is 21.1 Å². The zero-order valence-corrected chi connectivity index (χ0v) is 22.9. The van der Waals surface area contributed by atoms with Gasteiger partial charge in [0.2, 0.25) is 0 Å². The molecular formula is C29H44N3O4+. The van der Waals surface area contributed by atoms with Gasteiger partial charge in [-0.3, -0.25) is 9.69 Å². The molecule has 0 amide bonds. The Hall–Kier alpha value is -2.29. The van der Waals surface area contributed by atoms with Crippen molar-refractivity contribution < 1.29 is 24.1 Å². The first-order valence-corrected chi connectivity index (χ1v) is 13.0. The van der Waals surface area contributed by atoms with E-state index in [2.05, 4.69) is 36.1 Å². The summed E-state index contributed by atoms with van der Waals surface area (Å²) >= 11 is 0. The molecule has 198 valence electrons. The van der Waals surface area contributed by atoms with Crippen molar-refractivity contribution in [3.8, 4) is 0 Å². The molecule has 1 aliphatic heterocycles. The van der Waals surface area contributed by atoms with E-state index < -0.39 is 12.6 Å². The molecule has 7 heteroatoms. The van der Waals surface area contributed by atoms with Crippen molar-refractivity contribution in [2.24, 2.45) is 0 Å². The minimum atomic E-state index is -0.460. The van der Waals surface area contributed by atoms with E-state index in [1.165, 1.54) is 11.1 Å². The topological polar surface area (TPSA) is 62.2 Å². The van der Waals surface area contributed by atoms with E-state index in [0.29, 0.717) is 17.5 Å². The summed E-state index contributed by atoms with van der Waals surface area (Å²) in [7, 11) is 9.49. The van der Waals surface area contributed by atoms with Crippen LogP contribution in [0.1, 0.15) is 52.7 Å². The Morgan fingerprint density at radius 1 is 1.17 bits per heavy atom. The molecule has 0 saturated carbocycles. The number of rotatable bonds is 13. The van der Waals surface area contributed by atoms with E-state index in [4.69, 9.17) is 9.57 Å². The van der Waals surface area contributed by atoms with Crippen LogP contribution in [0.5, 0.6) is 0 Å². The van der Waals surface area contributed by atoms with Crippen LogP contribution in [0.15, 0.2) is 42.5 Å². The van der Waals surface area contributed by atoms with E-state index in [9.17, 15) is 9.90 Å². The minimum absolute atomic E-state index is 0.170. The quantitative estimate of drug-likeness (QED) is 0.147. The molecule has 3 rings (SSSR count). The van der Waals surface area contributed by atoms with Crippen molar-refractivity contribution in [3.05, 3.63) is 64.7 Å². The van der Waals surface area contributed by atoms with Gasteiger partial charge < -0.3 is 14.7 Å². The van der Waals surface area contributed by atoms with Gasteiger partial charge in [-0.1, -0.05) is 24.3 Å². The van der Waals surface area contributed by atoms with Crippen LogP contribution in [0.3, 0.4) is 0 Å². The SMILES string of the molecule is COC(O[N+](C)(C)C)N(CCCCC(=O)c1ccc2c(c1)CCC(O)N2C)CCc1ccccc1C. The largest absolute Gasteiger partial charge is 0.374 e. The Morgan fingerprint density at radius 2 is 1.92 bits per heavy atom. The van der Waals surface area contributed by atoms with Gasteiger partial charge in [0.25, 0.3) is 6.41 Å². The molecule has 1 heterocycles. The van der Waals surface area contributed by atoms with Gasteiger partial charge in [-0.25, -0.2) is 0 Å². The molecule has 36 heavy (non-hydrogen) atoms. The second kappa shape index (κ2) is 12.8. The summed E-state index contributed by atoms with van der Waals surface area (Å²) in [5, 5.41) is 10.1. The predicted octanol–water partition coefficient (Wildman–Crippen LogP) is 4.16. The molecule has 0 aliphatic carbocycles. The summed E-state index contributed by atoms with van der Waals surface area (Å²) in [4.78, 5) is 23.2. The Bertz CT molecular complexity index is 1000. The first-order valence-electron chi connectivity index (χ1n) is 13.0. The third kappa shape index (κ3) is 7.85. The van der Waals surface area contributed by atoms with Crippen LogP contribution < -0.4 is 4.90 Å². The summed E-state index contributed by atoms with van der Waals surface area (Å²) < 4.78 is 6.06. The third-order valence-corrected chi connectivity index (χ3v) is 6.84. The van der Waals surface area contributed by atoms with E-state index in [-0.39, 0.29) is 5.78 Å². The molecule has 7 nitrogen and oxygen atoms in total. The second-order valence-corrected chi connectivity index (χ2v) is 10.6. The molecule has 0 aromatic heterocycles. The molecule has 2 unspecified atom stereocenters. The Morgan fingerprint density at radius 3 is 2.61 bits per heavy atom. The number of quaternary nitrogens is 1. The number of aryl methyl sites for hydroxylation is 2. The third-order valence-electron chi connectivity index (χ3n) is 6.84. The van der Waals surface area contributed by atoms with E-state index >= 15 is 0 Å². The summed E-state index contributed by atoms with van der Waals surface area (Å²) in [5.41, 5.74) is 5.52. The lowest BCUT2D eigenvalue weighted by Crippen LogP contribution is -2.48. The number of aliphatic hydroxyl groups excluding tert-OH is 1. The molecule has 1 aliphatic rings. The maximum Gasteiger partial charge on any atom is 0.274 e. The normalized spacial score (nSPS) is 16.8. The number of nitrogens with zero attached hydrogens (tertiary/aromatic N) is 3. The molecule has 0 spiro atoms. The molecule has 0 fully saturated rings. The average molecular weight is 499 g/mol. The zero-order valence-electron chi connectivity index (χ0n) is 22.9. The number of unbranched alkanes of at least 4 members (excludes halogenated alkanes) is 1. The number of hydrogen-bond donors (Lipinski definition) is 1. The zero-order chi connectivity index (χ0) is 26.3. The van der Waals surface area contributed by atoms with Gasteiger partial charge in [0, 0.05) is 44.9 Å². The fourth-order valence-electron chi connectivity index (χ4n) is 4.69. The number of ether oxygens (including phenoxy) is 1. The smallest absolute Gasteiger partial charge is 0.274 e. The highest BCUT2D eigenvalue weighted by Gasteiger charge is 2.26. The van der Waals surface area contributed by atoms with Crippen molar-refractivity contribution in [1.29, 1.82) is 0 Å². The summed E-state index contributed by atoms with van der Waals surface area (Å²) in [6.45, 7) is 3.73. The number of Topliss-reactive ketones (excluding diaryl/α,β-unsaturated/α-hetero) is 1. The lowest BCUT2D eigenvalue weighted by Gasteiger charge is -2.33. The minimum Gasteiger partial charge on any atom is -0.374 e. The van der Waals surface area contributed by atoms with Crippen LogP contribution in [0.4, 0.5) is 5.69 Å². The van der Waals surface area contributed by atoms with Gasteiger partial charge in [-0.2, -0.15) is 9.48 Å². The highest BCUT2D eigenvalue weighted by atomic mass is 16.8. The van der Waals surface area contributed by atoms with E-state index in [1.807, 2.05) is 51.3 Å². The molecule has 0 bridgehead atoms. The monoisotopic (exact) mass is 498 g/mol. The Labute approximate surface area is 216 Å². The fourth-order valence-corrected chi connectivity index (χ4v) is 4.69. The van der Waals surface area contributed by atoms with Crippen molar-refractivity contribution in [1.82, 2.24) is 4.90 Å². The van der Waals surface area contributed by atoms with E-state index in [1.54, 1.807) is 7.11 Å². The van der Waals surface area contributed by atoms with Crippen molar-refractivity contribution in [3.63, 3.8) is 0 Å². The van der Waals surface area contributed by atoms with Gasteiger partial charge in [0.1, 0.15) is 6.23 Å². The molecule has 1 N–H and O–H groups in total. The van der Waals surface area contributed by atoms with Crippen molar-refractivity contribution in [2.45, 2.75) is 58.1 Å². The number of anilines is 1. The first kappa shape index (κ1) is 28.3. The molecular weight excluding hydrogens is 454 g/mol. The fraction of sp³-hybridized carbons (Fsp3) is 0.552. The number of carbonyl (C=O) groups is 1. The summed E-state index contributed by atoms with van der Waals surface area (Å²) in [5.74, 6) is 0.170. The summed E-state index contributed by atoms with van der Waals surface area (Å²) in [6, 6.07) is 14.3. The number of ketones is 1. The number of benzene rings is 2. The van der Waals surface area contributed by atoms with Crippen LogP contribution in [0, 0.1) is 6.92 Å². The van der Waals surface area contributed by atoms with Crippen LogP contribution in [0.2, 0.25) is 0 Å².